The minimum Gasteiger partial charge on any atom is -0.297 e. The summed E-state index contributed by atoms with van der Waals surface area (Å²) in [5.41, 5.74) is 3.93. The van der Waals surface area contributed by atoms with Gasteiger partial charge in [0.05, 0.1) is 0 Å². The summed E-state index contributed by atoms with van der Waals surface area (Å²) in [5, 5.41) is 0. The average molecular weight is 354 g/mol. The molecule has 0 N–H and O–H groups in total. The number of alkyl halides is 1. The van der Waals surface area contributed by atoms with Crippen molar-refractivity contribution in [1.29, 1.82) is 0 Å². The molecule has 2 unspecified atom stereocenters. The van der Waals surface area contributed by atoms with Crippen molar-refractivity contribution in [3.05, 3.63) is 71.3 Å². The topological polar surface area (TPSA) is 3.24 Å². The molecule has 2 aromatic carbocycles. The molecule has 140 valence electrons. The maximum Gasteiger partial charge on any atom is 0.107 e. The van der Waals surface area contributed by atoms with Crippen LogP contribution in [0.1, 0.15) is 62.1 Å². The molecule has 1 fully saturated rings. The Bertz CT molecular complexity index is 650. The second kappa shape index (κ2) is 9.32. The minimum atomic E-state index is -0.640. The first-order chi connectivity index (χ1) is 12.6. The van der Waals surface area contributed by atoms with Crippen molar-refractivity contribution >= 4 is 0 Å². The van der Waals surface area contributed by atoms with Crippen LogP contribution in [0, 0.1) is 0 Å². The standard InChI is InChI=1S/C24H32FN/c1-19(2)26(18-21-8-4-3-5-9-21)17-7-10-20-13-15-22(16-14-20)23-11-6-12-24(23)25/h3-5,8-9,13-16,19,23-24H,6-7,10-12,17-18H2,1-2H3. The highest BCUT2D eigenvalue weighted by molar-refractivity contribution is 5.27. The maximum absolute atomic E-state index is 13.9. The normalized spacial score (nSPS) is 20.2. The van der Waals surface area contributed by atoms with Gasteiger partial charge in [-0.05, 0) is 69.2 Å². The summed E-state index contributed by atoms with van der Waals surface area (Å²) in [7, 11) is 0. The van der Waals surface area contributed by atoms with E-state index in [-0.39, 0.29) is 5.92 Å². The van der Waals surface area contributed by atoms with E-state index in [0.717, 1.165) is 45.2 Å². The molecule has 3 rings (SSSR count). The van der Waals surface area contributed by atoms with Gasteiger partial charge in [0.2, 0.25) is 0 Å². The summed E-state index contributed by atoms with van der Waals surface area (Å²) >= 11 is 0. The molecule has 2 atom stereocenters. The Morgan fingerprint density at radius 3 is 2.31 bits per heavy atom. The number of hydrogen-bond donors (Lipinski definition) is 0. The SMILES string of the molecule is CC(C)N(CCCc1ccc(C2CCCC2F)cc1)Cc1ccccc1. The Hall–Kier alpha value is -1.67. The summed E-state index contributed by atoms with van der Waals surface area (Å²) in [6.07, 6.45) is 4.36. The van der Waals surface area contributed by atoms with Crippen molar-refractivity contribution in [2.45, 2.75) is 70.6 Å². The van der Waals surface area contributed by atoms with Gasteiger partial charge in [-0.2, -0.15) is 0 Å². The number of halogens is 1. The fourth-order valence-electron chi connectivity index (χ4n) is 4.05. The molecular formula is C24H32FN. The molecule has 0 amide bonds. The van der Waals surface area contributed by atoms with Gasteiger partial charge in [0.25, 0.3) is 0 Å². The first-order valence-electron chi connectivity index (χ1n) is 10.1. The average Bonchev–Trinajstić information content (AvgIpc) is 3.08. The number of rotatable bonds is 8. The van der Waals surface area contributed by atoms with Crippen LogP contribution in [0.2, 0.25) is 0 Å². The minimum absolute atomic E-state index is 0.131. The lowest BCUT2D eigenvalue weighted by Gasteiger charge is -2.26. The first-order valence-corrected chi connectivity index (χ1v) is 10.1. The van der Waals surface area contributed by atoms with Crippen molar-refractivity contribution in [3.63, 3.8) is 0 Å². The number of benzene rings is 2. The highest BCUT2D eigenvalue weighted by Gasteiger charge is 2.28. The predicted molar refractivity (Wildman–Crippen MR) is 108 cm³/mol. The van der Waals surface area contributed by atoms with Gasteiger partial charge in [0.15, 0.2) is 0 Å². The third-order valence-electron chi connectivity index (χ3n) is 5.71. The second-order valence-electron chi connectivity index (χ2n) is 7.95. The lowest BCUT2D eigenvalue weighted by Crippen LogP contribution is -2.31. The molecule has 26 heavy (non-hydrogen) atoms. The van der Waals surface area contributed by atoms with Crippen LogP contribution in [0.15, 0.2) is 54.6 Å². The van der Waals surface area contributed by atoms with E-state index in [1.54, 1.807) is 0 Å². The van der Waals surface area contributed by atoms with E-state index in [0.29, 0.717) is 6.04 Å². The van der Waals surface area contributed by atoms with E-state index >= 15 is 0 Å². The van der Waals surface area contributed by atoms with E-state index in [2.05, 4.69) is 73.3 Å². The monoisotopic (exact) mass is 353 g/mol. The van der Waals surface area contributed by atoms with Gasteiger partial charge >= 0.3 is 0 Å². The van der Waals surface area contributed by atoms with Gasteiger partial charge in [-0.3, -0.25) is 4.90 Å². The van der Waals surface area contributed by atoms with Crippen LogP contribution in [-0.2, 0) is 13.0 Å². The molecule has 2 aromatic rings. The van der Waals surface area contributed by atoms with Crippen LogP contribution in [0.25, 0.3) is 0 Å². The van der Waals surface area contributed by atoms with E-state index in [1.165, 1.54) is 16.7 Å². The van der Waals surface area contributed by atoms with Crippen molar-refractivity contribution in [2.75, 3.05) is 6.54 Å². The van der Waals surface area contributed by atoms with Crippen molar-refractivity contribution < 1.29 is 4.39 Å². The Morgan fingerprint density at radius 2 is 1.69 bits per heavy atom. The van der Waals surface area contributed by atoms with Crippen molar-refractivity contribution in [2.24, 2.45) is 0 Å². The molecule has 0 bridgehead atoms. The molecule has 1 aliphatic rings. The van der Waals surface area contributed by atoms with Gasteiger partial charge in [0, 0.05) is 18.5 Å². The van der Waals surface area contributed by atoms with Gasteiger partial charge in [-0.15, -0.1) is 0 Å². The van der Waals surface area contributed by atoms with Crippen LogP contribution in [0.4, 0.5) is 4.39 Å². The second-order valence-corrected chi connectivity index (χ2v) is 7.95. The lowest BCUT2D eigenvalue weighted by atomic mass is 9.95. The van der Waals surface area contributed by atoms with Crippen LogP contribution in [0.5, 0.6) is 0 Å². The van der Waals surface area contributed by atoms with Gasteiger partial charge in [-0.1, -0.05) is 54.6 Å². The summed E-state index contributed by atoms with van der Waals surface area (Å²) in [5.74, 6) is 0.131. The summed E-state index contributed by atoms with van der Waals surface area (Å²) in [4.78, 5) is 2.54. The van der Waals surface area contributed by atoms with Gasteiger partial charge < -0.3 is 0 Å². The Kier molecular flexibility index (Phi) is 6.85. The summed E-state index contributed by atoms with van der Waals surface area (Å²) in [6, 6.07) is 20.0. The molecule has 0 aliphatic heterocycles. The van der Waals surface area contributed by atoms with E-state index < -0.39 is 6.17 Å². The number of hydrogen-bond acceptors (Lipinski definition) is 1. The zero-order valence-corrected chi connectivity index (χ0v) is 16.2. The highest BCUT2D eigenvalue weighted by Crippen LogP contribution is 2.36. The Balaban J connectivity index is 1.49. The number of nitrogens with zero attached hydrogens (tertiary/aromatic N) is 1. The zero-order chi connectivity index (χ0) is 18.4. The van der Waals surface area contributed by atoms with E-state index in [4.69, 9.17) is 0 Å². The molecule has 0 aromatic heterocycles. The molecule has 0 radical (unpaired) electrons. The fraction of sp³-hybridized carbons (Fsp3) is 0.500. The molecule has 0 spiro atoms. The molecule has 2 heteroatoms. The molecular weight excluding hydrogens is 321 g/mol. The Labute approximate surface area is 158 Å². The van der Waals surface area contributed by atoms with Crippen molar-refractivity contribution in [1.82, 2.24) is 4.90 Å². The molecule has 1 nitrogen and oxygen atoms in total. The van der Waals surface area contributed by atoms with Gasteiger partial charge in [-0.25, -0.2) is 4.39 Å². The summed E-state index contributed by atoms with van der Waals surface area (Å²) in [6.45, 7) is 6.65. The van der Waals surface area contributed by atoms with Gasteiger partial charge in [0.1, 0.15) is 6.17 Å². The fourth-order valence-corrected chi connectivity index (χ4v) is 4.05. The molecule has 1 aliphatic carbocycles. The van der Waals surface area contributed by atoms with Crippen molar-refractivity contribution in [3.8, 4) is 0 Å². The molecule has 0 heterocycles. The third kappa shape index (κ3) is 5.17. The lowest BCUT2D eigenvalue weighted by molar-refractivity contribution is 0.210. The molecule has 0 saturated heterocycles. The van der Waals surface area contributed by atoms with Crippen LogP contribution < -0.4 is 0 Å². The smallest absolute Gasteiger partial charge is 0.107 e. The van der Waals surface area contributed by atoms with E-state index in [9.17, 15) is 4.39 Å². The summed E-state index contributed by atoms with van der Waals surface area (Å²) < 4.78 is 13.9. The number of aryl methyl sites for hydroxylation is 1. The quantitative estimate of drug-likeness (QED) is 0.551. The predicted octanol–water partition coefficient (Wildman–Crippen LogP) is 6.14. The third-order valence-corrected chi connectivity index (χ3v) is 5.71. The van der Waals surface area contributed by atoms with Crippen LogP contribution in [-0.4, -0.2) is 23.7 Å². The van der Waals surface area contributed by atoms with Crippen LogP contribution >= 0.6 is 0 Å². The molecule has 1 saturated carbocycles. The largest absolute Gasteiger partial charge is 0.297 e. The Morgan fingerprint density at radius 1 is 0.962 bits per heavy atom. The zero-order valence-electron chi connectivity index (χ0n) is 16.2. The van der Waals surface area contributed by atoms with E-state index in [1.807, 2.05) is 0 Å². The maximum atomic E-state index is 13.9. The first kappa shape index (κ1) is 19.1. The highest BCUT2D eigenvalue weighted by atomic mass is 19.1. The van der Waals surface area contributed by atoms with Crippen LogP contribution in [0.3, 0.4) is 0 Å².